The number of nitrogens with one attached hydrogen (secondary N) is 2. The molecular formula is C25H24F2N2O5. The third kappa shape index (κ3) is 3.59. The van der Waals surface area contributed by atoms with Gasteiger partial charge in [0.2, 0.25) is 5.91 Å². The maximum atomic E-state index is 14.2. The number of alkyl carbamates (subject to hydrolysis) is 1. The average Bonchev–Trinajstić information content (AvgIpc) is 3.19. The molecule has 2 atom stereocenters. The lowest BCUT2D eigenvalue weighted by molar-refractivity contribution is -0.152. The van der Waals surface area contributed by atoms with Crippen LogP contribution in [0.15, 0.2) is 48.5 Å². The number of fused-ring (bicyclic) bond motifs is 3. The molecule has 3 N–H and O–H groups in total. The third-order valence-electron chi connectivity index (χ3n) is 7.27. The first kappa shape index (κ1) is 22.3. The van der Waals surface area contributed by atoms with Gasteiger partial charge in [0.1, 0.15) is 18.1 Å². The first-order chi connectivity index (χ1) is 16.2. The molecule has 0 aromatic heterocycles. The molecule has 0 saturated heterocycles. The summed E-state index contributed by atoms with van der Waals surface area (Å²) >= 11 is 0. The highest BCUT2D eigenvalue weighted by Crippen LogP contribution is 2.55. The molecule has 178 valence electrons. The van der Waals surface area contributed by atoms with Crippen LogP contribution in [0, 0.1) is 11.8 Å². The standard InChI is InChI=1S/C25H24F2N2O5/c26-25(27)19(20(25)21(30)29-24(22(31)32)10-5-11-24)12-28-23(33)34-13-18-16-8-3-1-6-14(16)15-7-2-4-9-17(15)18/h1-4,6-9,18-20H,5,10-13H2,(H,28,33)(H,29,30)(H,31,32)/t19-,20-/m0/s1. The van der Waals surface area contributed by atoms with Gasteiger partial charge in [0.05, 0.1) is 5.92 Å². The van der Waals surface area contributed by atoms with Gasteiger partial charge in [-0.05, 0) is 41.5 Å². The monoisotopic (exact) mass is 470 g/mol. The van der Waals surface area contributed by atoms with Crippen LogP contribution in [0.1, 0.15) is 36.3 Å². The quantitative estimate of drug-likeness (QED) is 0.574. The minimum atomic E-state index is -3.32. The number of carbonyl (C=O) groups is 3. The SMILES string of the molecule is O=C(NC[C@H]1[C@@H](C(=O)NC2(C(=O)O)CCC2)C1(F)F)OCC1c2ccccc2-c2ccccc21. The Labute approximate surface area is 194 Å². The maximum Gasteiger partial charge on any atom is 0.407 e. The topological polar surface area (TPSA) is 105 Å². The van der Waals surface area contributed by atoms with Gasteiger partial charge in [0.15, 0.2) is 0 Å². The highest BCUT2D eigenvalue weighted by atomic mass is 19.3. The molecule has 0 unspecified atom stereocenters. The average molecular weight is 470 g/mol. The van der Waals surface area contributed by atoms with E-state index in [1.165, 1.54) is 0 Å². The summed E-state index contributed by atoms with van der Waals surface area (Å²) < 4.78 is 33.8. The molecule has 0 radical (unpaired) electrons. The summed E-state index contributed by atoms with van der Waals surface area (Å²) in [5.41, 5.74) is 2.75. The van der Waals surface area contributed by atoms with Crippen molar-refractivity contribution < 1.29 is 33.0 Å². The minimum absolute atomic E-state index is 0.0476. The highest BCUT2D eigenvalue weighted by molar-refractivity contribution is 5.91. The molecule has 7 nitrogen and oxygen atoms in total. The van der Waals surface area contributed by atoms with Crippen molar-refractivity contribution in [2.24, 2.45) is 11.8 Å². The number of carboxylic acids is 1. The largest absolute Gasteiger partial charge is 0.480 e. The summed E-state index contributed by atoms with van der Waals surface area (Å²) in [6, 6.07) is 15.7. The number of amides is 2. The molecule has 2 aromatic carbocycles. The number of rotatable bonds is 7. The van der Waals surface area contributed by atoms with Gasteiger partial charge in [-0.3, -0.25) is 4.79 Å². The Morgan fingerprint density at radius 3 is 2.12 bits per heavy atom. The van der Waals surface area contributed by atoms with E-state index in [2.05, 4.69) is 10.6 Å². The zero-order chi connectivity index (χ0) is 24.1. The predicted molar refractivity (Wildman–Crippen MR) is 117 cm³/mol. The third-order valence-corrected chi connectivity index (χ3v) is 7.27. The molecule has 2 aromatic rings. The van der Waals surface area contributed by atoms with Crippen molar-refractivity contribution in [1.29, 1.82) is 0 Å². The lowest BCUT2D eigenvalue weighted by Gasteiger charge is -2.38. The van der Waals surface area contributed by atoms with E-state index in [1.807, 2.05) is 48.5 Å². The fourth-order valence-corrected chi connectivity index (χ4v) is 5.08. The smallest absolute Gasteiger partial charge is 0.407 e. The van der Waals surface area contributed by atoms with Crippen molar-refractivity contribution in [2.45, 2.75) is 36.6 Å². The van der Waals surface area contributed by atoms with Crippen LogP contribution in [-0.4, -0.2) is 47.7 Å². The first-order valence-corrected chi connectivity index (χ1v) is 11.3. The van der Waals surface area contributed by atoms with Crippen LogP contribution >= 0.6 is 0 Å². The van der Waals surface area contributed by atoms with E-state index < -0.39 is 47.8 Å². The van der Waals surface area contributed by atoms with Crippen molar-refractivity contribution in [1.82, 2.24) is 10.6 Å². The highest BCUT2D eigenvalue weighted by Gasteiger charge is 2.72. The van der Waals surface area contributed by atoms with E-state index in [4.69, 9.17) is 4.74 Å². The second-order valence-electron chi connectivity index (χ2n) is 9.20. The Morgan fingerprint density at radius 2 is 1.59 bits per heavy atom. The molecule has 34 heavy (non-hydrogen) atoms. The van der Waals surface area contributed by atoms with Crippen molar-refractivity contribution in [2.75, 3.05) is 13.2 Å². The van der Waals surface area contributed by atoms with Gasteiger partial charge in [-0.1, -0.05) is 48.5 Å². The molecule has 3 aliphatic carbocycles. The van der Waals surface area contributed by atoms with Crippen molar-refractivity contribution in [3.05, 3.63) is 59.7 Å². The zero-order valence-electron chi connectivity index (χ0n) is 18.2. The van der Waals surface area contributed by atoms with E-state index in [0.717, 1.165) is 22.3 Å². The molecule has 2 amide bonds. The van der Waals surface area contributed by atoms with Gasteiger partial charge in [-0.15, -0.1) is 0 Å². The van der Waals surface area contributed by atoms with Gasteiger partial charge >= 0.3 is 12.1 Å². The van der Waals surface area contributed by atoms with E-state index in [9.17, 15) is 28.3 Å². The van der Waals surface area contributed by atoms with Crippen LogP contribution in [-0.2, 0) is 14.3 Å². The predicted octanol–water partition coefficient (Wildman–Crippen LogP) is 3.53. The summed E-state index contributed by atoms with van der Waals surface area (Å²) in [7, 11) is 0. The fourth-order valence-electron chi connectivity index (χ4n) is 5.08. The Balaban J connectivity index is 1.16. The van der Waals surface area contributed by atoms with Crippen LogP contribution in [0.5, 0.6) is 0 Å². The van der Waals surface area contributed by atoms with Crippen LogP contribution in [0.2, 0.25) is 0 Å². The number of benzene rings is 2. The molecule has 5 rings (SSSR count). The maximum absolute atomic E-state index is 14.2. The fraction of sp³-hybridized carbons (Fsp3) is 0.400. The molecule has 0 aliphatic heterocycles. The van der Waals surface area contributed by atoms with Gasteiger partial charge < -0.3 is 20.5 Å². The van der Waals surface area contributed by atoms with Crippen molar-refractivity contribution in [3.63, 3.8) is 0 Å². The summed E-state index contributed by atoms with van der Waals surface area (Å²) in [6.45, 7) is -0.395. The van der Waals surface area contributed by atoms with Crippen LogP contribution in [0.3, 0.4) is 0 Å². The molecule has 0 spiro atoms. The number of halogens is 2. The Morgan fingerprint density at radius 1 is 1.00 bits per heavy atom. The van der Waals surface area contributed by atoms with Crippen molar-refractivity contribution in [3.8, 4) is 11.1 Å². The van der Waals surface area contributed by atoms with E-state index in [0.29, 0.717) is 6.42 Å². The Bertz CT molecular complexity index is 1120. The molecule has 2 fully saturated rings. The molecular weight excluding hydrogens is 446 g/mol. The van der Waals surface area contributed by atoms with Gasteiger partial charge in [-0.25, -0.2) is 18.4 Å². The summed E-state index contributed by atoms with van der Waals surface area (Å²) in [5.74, 6) is -8.76. The van der Waals surface area contributed by atoms with Gasteiger partial charge in [0.25, 0.3) is 5.92 Å². The van der Waals surface area contributed by atoms with Crippen LogP contribution < -0.4 is 10.6 Å². The van der Waals surface area contributed by atoms with E-state index >= 15 is 0 Å². The lowest BCUT2D eigenvalue weighted by atomic mass is 9.76. The summed E-state index contributed by atoms with van der Waals surface area (Å²) in [5, 5.41) is 13.9. The number of alkyl halides is 2. The molecule has 0 bridgehead atoms. The Hall–Kier alpha value is -3.49. The van der Waals surface area contributed by atoms with Gasteiger partial charge in [0, 0.05) is 12.5 Å². The summed E-state index contributed by atoms with van der Waals surface area (Å²) in [4.78, 5) is 36.0. The minimum Gasteiger partial charge on any atom is -0.480 e. The zero-order valence-corrected chi connectivity index (χ0v) is 18.2. The van der Waals surface area contributed by atoms with Crippen LogP contribution in [0.25, 0.3) is 11.1 Å². The first-order valence-electron chi connectivity index (χ1n) is 11.3. The molecule has 2 saturated carbocycles. The van der Waals surface area contributed by atoms with E-state index in [1.54, 1.807) is 0 Å². The second-order valence-corrected chi connectivity index (χ2v) is 9.20. The normalized spacial score (nSPS) is 23.1. The molecule has 0 heterocycles. The second kappa shape index (κ2) is 8.07. The van der Waals surface area contributed by atoms with Crippen molar-refractivity contribution >= 4 is 18.0 Å². The number of hydrogen-bond donors (Lipinski definition) is 3. The molecule has 9 heteroatoms. The molecule has 3 aliphatic rings. The number of hydrogen-bond acceptors (Lipinski definition) is 4. The number of ether oxygens (including phenoxy) is 1. The number of aliphatic carboxylic acids is 1. The summed E-state index contributed by atoms with van der Waals surface area (Å²) in [6.07, 6.45) is 0.203. The number of carbonyl (C=O) groups excluding carboxylic acids is 2. The van der Waals surface area contributed by atoms with E-state index in [-0.39, 0.29) is 25.4 Å². The lowest BCUT2D eigenvalue weighted by Crippen LogP contribution is -2.59. The number of carboxylic acid groups (broad SMARTS) is 1. The van der Waals surface area contributed by atoms with Crippen LogP contribution in [0.4, 0.5) is 13.6 Å². The van der Waals surface area contributed by atoms with Gasteiger partial charge in [-0.2, -0.15) is 0 Å². The Kier molecular flexibility index (Phi) is 5.30.